The van der Waals surface area contributed by atoms with Gasteiger partial charge in [-0.15, -0.1) is 0 Å². The molecule has 114 valence electrons. The molecule has 0 radical (unpaired) electrons. The summed E-state index contributed by atoms with van der Waals surface area (Å²) in [4.78, 5) is 23.0. The van der Waals surface area contributed by atoms with E-state index in [1.54, 1.807) is 0 Å². The number of hydrogen-bond acceptors (Lipinski definition) is 2. The number of hydrogen-bond donors (Lipinski definition) is 3. The molecule has 0 aromatic heterocycles. The van der Waals surface area contributed by atoms with Crippen molar-refractivity contribution in [3.63, 3.8) is 0 Å². The van der Waals surface area contributed by atoms with Gasteiger partial charge in [-0.25, -0.2) is 4.79 Å². The van der Waals surface area contributed by atoms with Crippen LogP contribution in [0.4, 0.5) is 4.79 Å². The van der Waals surface area contributed by atoms with Crippen LogP contribution >= 0.6 is 0 Å². The molecule has 0 aliphatic heterocycles. The predicted octanol–water partition coefficient (Wildman–Crippen LogP) is 2.51. The molecule has 2 saturated carbocycles. The van der Waals surface area contributed by atoms with Gasteiger partial charge in [0.15, 0.2) is 0 Å². The molecule has 5 heteroatoms. The van der Waals surface area contributed by atoms with Crippen LogP contribution < -0.4 is 10.6 Å². The van der Waals surface area contributed by atoms with E-state index in [9.17, 15) is 9.59 Å². The van der Waals surface area contributed by atoms with Gasteiger partial charge in [0.25, 0.3) is 0 Å². The van der Waals surface area contributed by atoms with Crippen LogP contribution in [0, 0.1) is 11.8 Å². The standard InChI is InChI=1S/C15H26N2O3/c1-2-12(8-10-6-7-10)16-15(20)17-13-5-3-4-11(9-13)14(18)19/h10-13H,2-9H2,1H3,(H,18,19)(H2,16,17,20). The molecule has 0 saturated heterocycles. The molecule has 0 spiro atoms. The molecule has 3 atom stereocenters. The number of carboxylic acids is 1. The highest BCUT2D eigenvalue weighted by molar-refractivity contribution is 5.75. The largest absolute Gasteiger partial charge is 0.481 e. The van der Waals surface area contributed by atoms with Crippen molar-refractivity contribution < 1.29 is 14.7 Å². The predicted molar refractivity (Wildman–Crippen MR) is 76.5 cm³/mol. The van der Waals surface area contributed by atoms with Gasteiger partial charge in [0.1, 0.15) is 0 Å². The van der Waals surface area contributed by atoms with Crippen LogP contribution in [0.2, 0.25) is 0 Å². The molecule has 0 heterocycles. The number of amides is 2. The van der Waals surface area contributed by atoms with Crippen molar-refractivity contribution in [3.8, 4) is 0 Å². The fourth-order valence-corrected chi connectivity index (χ4v) is 3.04. The third-order valence-electron chi connectivity index (χ3n) is 4.50. The molecule has 2 aliphatic rings. The van der Waals surface area contributed by atoms with Gasteiger partial charge >= 0.3 is 12.0 Å². The van der Waals surface area contributed by atoms with Crippen molar-refractivity contribution >= 4 is 12.0 Å². The van der Waals surface area contributed by atoms with Crippen LogP contribution in [0.1, 0.15) is 58.3 Å². The molecule has 2 amide bonds. The normalized spacial score (nSPS) is 27.6. The molecule has 0 aromatic carbocycles. The fourth-order valence-electron chi connectivity index (χ4n) is 3.04. The highest BCUT2D eigenvalue weighted by Gasteiger charge is 2.29. The number of carbonyl (C=O) groups is 2. The van der Waals surface area contributed by atoms with Crippen molar-refractivity contribution in [2.75, 3.05) is 0 Å². The summed E-state index contributed by atoms with van der Waals surface area (Å²) in [7, 11) is 0. The Labute approximate surface area is 120 Å². The summed E-state index contributed by atoms with van der Waals surface area (Å²) in [6, 6.07) is 0.123. The molecule has 2 fully saturated rings. The number of carboxylic acid groups (broad SMARTS) is 1. The summed E-state index contributed by atoms with van der Waals surface area (Å²) in [5.74, 6) is -0.245. The minimum Gasteiger partial charge on any atom is -0.481 e. The van der Waals surface area contributed by atoms with Gasteiger partial charge in [0.05, 0.1) is 5.92 Å². The van der Waals surface area contributed by atoms with Gasteiger partial charge in [-0.05, 0) is 38.0 Å². The lowest BCUT2D eigenvalue weighted by atomic mass is 9.86. The third kappa shape index (κ3) is 4.69. The Morgan fingerprint density at radius 1 is 1.25 bits per heavy atom. The zero-order valence-corrected chi connectivity index (χ0v) is 12.2. The number of aliphatic carboxylic acids is 1. The zero-order valence-electron chi connectivity index (χ0n) is 12.2. The second-order valence-corrected chi connectivity index (χ2v) is 6.30. The number of nitrogens with one attached hydrogen (secondary N) is 2. The molecular weight excluding hydrogens is 256 g/mol. The van der Waals surface area contributed by atoms with E-state index in [1.165, 1.54) is 12.8 Å². The number of urea groups is 1. The van der Waals surface area contributed by atoms with E-state index in [4.69, 9.17) is 5.11 Å². The molecule has 20 heavy (non-hydrogen) atoms. The number of rotatable bonds is 6. The molecule has 3 N–H and O–H groups in total. The van der Waals surface area contributed by atoms with Crippen molar-refractivity contribution in [1.29, 1.82) is 0 Å². The Morgan fingerprint density at radius 3 is 2.60 bits per heavy atom. The molecule has 0 bridgehead atoms. The van der Waals surface area contributed by atoms with Crippen molar-refractivity contribution in [3.05, 3.63) is 0 Å². The summed E-state index contributed by atoms with van der Waals surface area (Å²) in [6.07, 6.45) is 7.67. The van der Waals surface area contributed by atoms with Crippen LogP contribution in [0.25, 0.3) is 0 Å². The lowest BCUT2D eigenvalue weighted by molar-refractivity contribution is -0.143. The maximum absolute atomic E-state index is 12.0. The first kappa shape index (κ1) is 15.1. The second-order valence-electron chi connectivity index (χ2n) is 6.30. The van der Waals surface area contributed by atoms with Crippen LogP contribution in [0.5, 0.6) is 0 Å². The maximum Gasteiger partial charge on any atom is 0.315 e. The van der Waals surface area contributed by atoms with Gasteiger partial charge in [-0.1, -0.05) is 26.2 Å². The summed E-state index contributed by atoms with van der Waals surface area (Å²) in [5, 5.41) is 15.0. The monoisotopic (exact) mass is 282 g/mol. The highest BCUT2D eigenvalue weighted by atomic mass is 16.4. The van der Waals surface area contributed by atoms with Crippen LogP contribution in [-0.2, 0) is 4.79 Å². The first-order valence-corrected chi connectivity index (χ1v) is 7.88. The van der Waals surface area contributed by atoms with E-state index in [0.29, 0.717) is 6.42 Å². The Bertz CT molecular complexity index is 355. The van der Waals surface area contributed by atoms with Gasteiger partial charge < -0.3 is 15.7 Å². The van der Waals surface area contributed by atoms with Gasteiger partial charge in [0, 0.05) is 12.1 Å². The van der Waals surface area contributed by atoms with Crippen LogP contribution in [-0.4, -0.2) is 29.2 Å². The lowest BCUT2D eigenvalue weighted by Gasteiger charge is -2.28. The zero-order chi connectivity index (χ0) is 14.5. The Morgan fingerprint density at radius 2 is 2.00 bits per heavy atom. The number of carbonyl (C=O) groups excluding carboxylic acids is 1. The maximum atomic E-state index is 12.0. The summed E-state index contributed by atoms with van der Waals surface area (Å²) in [5.41, 5.74) is 0. The Kier molecular flexibility index (Phi) is 5.26. The average molecular weight is 282 g/mol. The molecule has 5 nitrogen and oxygen atoms in total. The van der Waals surface area contributed by atoms with Gasteiger partial charge in [-0.3, -0.25) is 4.79 Å². The summed E-state index contributed by atoms with van der Waals surface area (Å²) >= 11 is 0. The quantitative estimate of drug-likeness (QED) is 0.700. The molecule has 3 unspecified atom stereocenters. The first-order chi connectivity index (χ1) is 9.58. The van der Waals surface area contributed by atoms with Crippen molar-refractivity contribution in [1.82, 2.24) is 10.6 Å². The SMILES string of the molecule is CCC(CC1CC1)NC(=O)NC1CCCC(C(=O)O)C1. The van der Waals surface area contributed by atoms with E-state index >= 15 is 0 Å². The molecule has 2 rings (SSSR count). The fraction of sp³-hybridized carbons (Fsp3) is 0.867. The second kappa shape index (κ2) is 6.95. The van der Waals surface area contributed by atoms with Crippen molar-refractivity contribution in [2.45, 2.75) is 70.4 Å². The van der Waals surface area contributed by atoms with Gasteiger partial charge in [-0.2, -0.15) is 0 Å². The van der Waals surface area contributed by atoms with Crippen molar-refractivity contribution in [2.24, 2.45) is 11.8 Å². The van der Waals surface area contributed by atoms with Crippen LogP contribution in [0.3, 0.4) is 0 Å². The minimum absolute atomic E-state index is 0.00304. The van der Waals surface area contributed by atoms with Gasteiger partial charge in [0.2, 0.25) is 0 Å². The van der Waals surface area contributed by atoms with E-state index < -0.39 is 5.97 Å². The average Bonchev–Trinajstić information content (AvgIpc) is 3.22. The minimum atomic E-state index is -0.739. The Balaban J connectivity index is 1.73. The smallest absolute Gasteiger partial charge is 0.315 e. The molecular formula is C15H26N2O3. The van der Waals surface area contributed by atoms with E-state index in [0.717, 1.165) is 38.0 Å². The summed E-state index contributed by atoms with van der Waals surface area (Å²) < 4.78 is 0. The Hall–Kier alpha value is -1.26. The van der Waals surface area contributed by atoms with Crippen LogP contribution in [0.15, 0.2) is 0 Å². The molecule has 2 aliphatic carbocycles. The third-order valence-corrected chi connectivity index (χ3v) is 4.50. The topological polar surface area (TPSA) is 78.4 Å². The lowest BCUT2D eigenvalue weighted by Crippen LogP contribution is -2.48. The first-order valence-electron chi connectivity index (χ1n) is 7.88. The van der Waals surface area contributed by atoms with E-state index in [-0.39, 0.29) is 24.0 Å². The van der Waals surface area contributed by atoms with E-state index in [1.807, 2.05) is 0 Å². The van der Waals surface area contributed by atoms with E-state index in [2.05, 4.69) is 17.6 Å². The highest BCUT2D eigenvalue weighted by Crippen LogP contribution is 2.34. The molecule has 0 aromatic rings. The summed E-state index contributed by atoms with van der Waals surface area (Å²) in [6.45, 7) is 2.09.